The first kappa shape index (κ1) is 10.4. The Morgan fingerprint density at radius 3 is 2.20 bits per heavy atom. The highest BCUT2D eigenvalue weighted by molar-refractivity contribution is 6.99. The van der Waals surface area contributed by atoms with Crippen molar-refractivity contribution in [1.82, 2.24) is 0 Å². The van der Waals surface area contributed by atoms with E-state index < -0.39 is 0 Å². The molecule has 0 radical (unpaired) electrons. The quantitative estimate of drug-likeness (QED) is 0.645. The van der Waals surface area contributed by atoms with Crippen LogP contribution in [0, 0.1) is 0 Å². The first-order valence-electron chi connectivity index (χ1n) is 5.14. The third kappa shape index (κ3) is 2.26. The third-order valence-electron chi connectivity index (χ3n) is 2.32. The van der Waals surface area contributed by atoms with E-state index in [4.69, 9.17) is 0 Å². The van der Waals surface area contributed by atoms with Crippen molar-refractivity contribution in [3.8, 4) is 11.1 Å². The van der Waals surface area contributed by atoms with Gasteiger partial charge in [-0.05, 0) is 5.56 Å². The van der Waals surface area contributed by atoms with E-state index in [0.717, 1.165) is 0 Å². The van der Waals surface area contributed by atoms with Gasteiger partial charge in [0.25, 0.3) is 0 Å². The number of aromatic nitrogens is 1. The number of benzene rings is 1. The van der Waals surface area contributed by atoms with Gasteiger partial charge in [-0.3, -0.25) is 0 Å². The zero-order valence-corrected chi connectivity index (χ0v) is 10.2. The Balaban J connectivity index is 2.37. The highest BCUT2D eigenvalue weighted by atomic mass is 32.1. The summed E-state index contributed by atoms with van der Waals surface area (Å²) < 4.78 is 2.29. The molecule has 0 saturated carbocycles. The van der Waals surface area contributed by atoms with Gasteiger partial charge in [-0.1, -0.05) is 30.3 Å². The van der Waals surface area contributed by atoms with E-state index in [1.807, 2.05) is 6.07 Å². The molecule has 0 unspecified atom stereocenters. The van der Waals surface area contributed by atoms with Crippen LogP contribution in [0.4, 0.5) is 0 Å². The van der Waals surface area contributed by atoms with Crippen LogP contribution in [0.15, 0.2) is 41.9 Å². The summed E-state index contributed by atoms with van der Waals surface area (Å²) in [5.41, 5.74) is 2.77. The summed E-state index contributed by atoms with van der Waals surface area (Å²) in [6.45, 7) is 6.66. The maximum atomic E-state index is 2.29. The lowest BCUT2D eigenvalue weighted by Crippen LogP contribution is -2.46. The van der Waals surface area contributed by atoms with E-state index in [-0.39, 0.29) is 5.54 Å². The molecule has 1 heterocycles. The topological polar surface area (TPSA) is 3.88 Å². The molecule has 0 bridgehead atoms. The lowest BCUT2D eigenvalue weighted by atomic mass is 10.1. The number of nitrogens with zero attached hydrogens (tertiary/aromatic N) is 1. The average molecular weight is 218 g/mol. The van der Waals surface area contributed by atoms with Crippen LogP contribution < -0.4 is 3.96 Å². The van der Waals surface area contributed by atoms with Gasteiger partial charge in [0.05, 0.1) is 10.9 Å². The number of rotatable bonds is 1. The Hall–Kier alpha value is -1.15. The summed E-state index contributed by atoms with van der Waals surface area (Å²) in [6, 6.07) is 10.5. The Kier molecular flexibility index (Phi) is 2.61. The molecule has 2 rings (SSSR count). The molecule has 1 nitrogen and oxygen atoms in total. The Bertz CT molecular complexity index is 437. The third-order valence-corrected chi connectivity index (χ3v) is 3.56. The summed E-state index contributed by atoms with van der Waals surface area (Å²) in [5, 5.41) is 2.21. The first-order valence-corrected chi connectivity index (χ1v) is 5.97. The van der Waals surface area contributed by atoms with Gasteiger partial charge in [-0.15, -0.1) is 3.96 Å². The maximum Gasteiger partial charge on any atom is 0.192 e. The van der Waals surface area contributed by atoms with Crippen LogP contribution in [-0.2, 0) is 5.54 Å². The van der Waals surface area contributed by atoms with Crippen molar-refractivity contribution in [2.75, 3.05) is 0 Å². The first-order chi connectivity index (χ1) is 7.07. The molecule has 0 aliphatic carbocycles. The van der Waals surface area contributed by atoms with Gasteiger partial charge in [0.2, 0.25) is 0 Å². The van der Waals surface area contributed by atoms with Gasteiger partial charge in [0.1, 0.15) is 11.5 Å². The van der Waals surface area contributed by atoms with Crippen LogP contribution in [-0.4, -0.2) is 0 Å². The van der Waals surface area contributed by atoms with Gasteiger partial charge >= 0.3 is 0 Å². The second-order valence-electron chi connectivity index (χ2n) is 4.67. The van der Waals surface area contributed by atoms with Crippen molar-refractivity contribution < 1.29 is 3.96 Å². The van der Waals surface area contributed by atoms with Gasteiger partial charge in [0.15, 0.2) is 11.7 Å². The van der Waals surface area contributed by atoms with Crippen molar-refractivity contribution in [3.05, 3.63) is 41.9 Å². The van der Waals surface area contributed by atoms with E-state index in [0.29, 0.717) is 0 Å². The van der Waals surface area contributed by atoms with Crippen molar-refractivity contribution >= 4 is 11.5 Å². The minimum atomic E-state index is 0.178. The number of hydrogen-bond acceptors (Lipinski definition) is 1. The molecule has 2 heteroatoms. The van der Waals surface area contributed by atoms with E-state index in [9.17, 15) is 0 Å². The van der Waals surface area contributed by atoms with Gasteiger partial charge in [0, 0.05) is 20.8 Å². The molecular weight excluding hydrogens is 202 g/mol. The largest absolute Gasteiger partial charge is 0.192 e. The molecule has 0 N–H and O–H groups in total. The standard InChI is InChI=1S/C13H16NS/c1-13(2,3)14-9-12(10-15-14)11-7-5-4-6-8-11/h4-10H,1-3H3/q+1. The lowest BCUT2D eigenvalue weighted by molar-refractivity contribution is -0.691. The fraction of sp³-hybridized carbons (Fsp3) is 0.308. The van der Waals surface area contributed by atoms with Gasteiger partial charge in [-0.25, -0.2) is 0 Å². The summed E-state index contributed by atoms with van der Waals surface area (Å²) in [4.78, 5) is 0. The second kappa shape index (κ2) is 3.78. The molecule has 0 aliphatic heterocycles. The molecule has 0 amide bonds. The minimum absolute atomic E-state index is 0.178. The minimum Gasteiger partial charge on any atom is -0.136 e. The van der Waals surface area contributed by atoms with Crippen LogP contribution in [0.5, 0.6) is 0 Å². The normalized spacial score (nSPS) is 11.7. The van der Waals surface area contributed by atoms with Gasteiger partial charge < -0.3 is 0 Å². The van der Waals surface area contributed by atoms with Crippen molar-refractivity contribution in [1.29, 1.82) is 0 Å². The van der Waals surface area contributed by atoms with Crippen LogP contribution in [0.3, 0.4) is 0 Å². The van der Waals surface area contributed by atoms with E-state index in [1.165, 1.54) is 11.1 Å². The van der Waals surface area contributed by atoms with Crippen LogP contribution >= 0.6 is 11.5 Å². The molecule has 0 spiro atoms. The summed E-state index contributed by atoms with van der Waals surface area (Å²) >= 11 is 1.77. The molecule has 0 saturated heterocycles. The molecular formula is C13H16NS+. The lowest BCUT2D eigenvalue weighted by Gasteiger charge is -2.07. The molecule has 0 fully saturated rings. The number of hydrogen-bond donors (Lipinski definition) is 0. The Morgan fingerprint density at radius 1 is 1.00 bits per heavy atom. The predicted octanol–water partition coefficient (Wildman–Crippen LogP) is 3.46. The van der Waals surface area contributed by atoms with Crippen LogP contribution in [0.25, 0.3) is 11.1 Å². The zero-order chi connectivity index (χ0) is 10.9. The maximum absolute atomic E-state index is 2.29. The van der Waals surface area contributed by atoms with Crippen molar-refractivity contribution in [2.24, 2.45) is 0 Å². The van der Waals surface area contributed by atoms with Crippen LogP contribution in [0.2, 0.25) is 0 Å². The Morgan fingerprint density at radius 2 is 1.67 bits per heavy atom. The zero-order valence-electron chi connectivity index (χ0n) is 9.40. The van der Waals surface area contributed by atoms with Crippen molar-refractivity contribution in [3.63, 3.8) is 0 Å². The Labute approximate surface area is 95.2 Å². The molecule has 78 valence electrons. The smallest absolute Gasteiger partial charge is 0.136 e. The highest BCUT2D eigenvalue weighted by Crippen LogP contribution is 2.20. The fourth-order valence-electron chi connectivity index (χ4n) is 1.43. The van der Waals surface area contributed by atoms with Crippen molar-refractivity contribution in [2.45, 2.75) is 26.3 Å². The molecule has 1 aromatic heterocycles. The average Bonchev–Trinajstić information content (AvgIpc) is 2.67. The van der Waals surface area contributed by atoms with E-state index in [1.54, 1.807) is 11.5 Å². The molecule has 15 heavy (non-hydrogen) atoms. The molecule has 0 atom stereocenters. The molecule has 0 aliphatic rings. The second-order valence-corrected chi connectivity index (χ2v) is 5.51. The van der Waals surface area contributed by atoms with E-state index >= 15 is 0 Å². The van der Waals surface area contributed by atoms with Gasteiger partial charge in [-0.2, -0.15) is 0 Å². The monoisotopic (exact) mass is 218 g/mol. The molecule has 2 aromatic rings. The fourth-order valence-corrected chi connectivity index (χ4v) is 2.34. The SMILES string of the molecule is CC(C)(C)[n+]1cc(-c2ccccc2)cs1. The highest BCUT2D eigenvalue weighted by Gasteiger charge is 2.24. The van der Waals surface area contributed by atoms with E-state index in [2.05, 4.69) is 60.6 Å². The molecule has 1 aromatic carbocycles. The summed E-state index contributed by atoms with van der Waals surface area (Å²) in [7, 11) is 0. The summed E-state index contributed by atoms with van der Waals surface area (Å²) in [5.74, 6) is 0. The predicted molar refractivity (Wildman–Crippen MR) is 64.9 cm³/mol. The van der Waals surface area contributed by atoms with Crippen LogP contribution in [0.1, 0.15) is 20.8 Å². The summed E-state index contributed by atoms with van der Waals surface area (Å²) in [6.07, 6.45) is 2.22.